The second-order valence-corrected chi connectivity index (χ2v) is 12.1. The summed E-state index contributed by atoms with van der Waals surface area (Å²) in [4.78, 5) is 25.4. The van der Waals surface area contributed by atoms with Crippen molar-refractivity contribution in [1.29, 1.82) is 0 Å². The van der Waals surface area contributed by atoms with Gasteiger partial charge in [-0.1, -0.05) is 19.9 Å². The molecule has 2 unspecified atom stereocenters. The number of nitrogens with one attached hydrogen (secondary N) is 1. The van der Waals surface area contributed by atoms with E-state index in [0.717, 1.165) is 17.0 Å². The fourth-order valence-electron chi connectivity index (χ4n) is 5.47. The maximum Gasteiger partial charge on any atom is 0.418 e. The maximum atomic E-state index is 14.5. The van der Waals surface area contributed by atoms with Gasteiger partial charge in [-0.05, 0) is 79.8 Å². The van der Waals surface area contributed by atoms with E-state index in [-0.39, 0.29) is 22.6 Å². The van der Waals surface area contributed by atoms with E-state index >= 15 is 0 Å². The van der Waals surface area contributed by atoms with Gasteiger partial charge in [0.2, 0.25) is 0 Å². The van der Waals surface area contributed by atoms with E-state index in [1.807, 2.05) is 0 Å². The Hall–Kier alpha value is -4.65. The molecule has 2 atom stereocenters. The minimum Gasteiger partial charge on any atom is -0.496 e. The molecule has 13 heteroatoms. The number of carbonyl (C=O) groups is 2. The van der Waals surface area contributed by atoms with Gasteiger partial charge in [-0.3, -0.25) is 4.79 Å². The number of aliphatic carboxylic acids is 1. The summed E-state index contributed by atoms with van der Waals surface area (Å²) < 4.78 is 64.4. The van der Waals surface area contributed by atoms with Crippen LogP contribution in [0.25, 0.3) is 16.6 Å². The molecule has 1 heterocycles. The van der Waals surface area contributed by atoms with Crippen molar-refractivity contribution in [2.75, 3.05) is 26.0 Å². The fraction of sp³-hybridized carbons (Fsp3) is 0.364. The van der Waals surface area contributed by atoms with Crippen molar-refractivity contribution < 1.29 is 42.1 Å². The smallest absolute Gasteiger partial charge is 0.418 e. The predicted molar refractivity (Wildman–Crippen MR) is 165 cm³/mol. The van der Waals surface area contributed by atoms with Crippen LogP contribution in [0, 0.1) is 12.7 Å². The Labute approximate surface area is 263 Å². The van der Waals surface area contributed by atoms with Gasteiger partial charge in [0.25, 0.3) is 5.91 Å². The monoisotopic (exact) mass is 644 g/mol. The number of benzene rings is 3. The van der Waals surface area contributed by atoms with Gasteiger partial charge in [0, 0.05) is 29.2 Å². The Kier molecular flexibility index (Phi) is 9.39. The third-order valence-corrected chi connectivity index (χ3v) is 8.15. The molecule has 4 aromatic rings. The van der Waals surface area contributed by atoms with Crippen molar-refractivity contribution in [3.63, 3.8) is 0 Å². The minimum absolute atomic E-state index is 0.182. The average molecular weight is 645 g/mol. The van der Waals surface area contributed by atoms with Crippen molar-refractivity contribution in [3.05, 3.63) is 83.3 Å². The lowest BCUT2D eigenvalue weighted by Gasteiger charge is -2.38. The molecule has 9 nitrogen and oxygen atoms in total. The Morgan fingerprint density at radius 2 is 1.80 bits per heavy atom. The summed E-state index contributed by atoms with van der Waals surface area (Å²) in [6, 6.07) is 12.3. The molecule has 1 aromatic heterocycles. The lowest BCUT2D eigenvalue weighted by atomic mass is 9.74. The van der Waals surface area contributed by atoms with Crippen LogP contribution in [0.2, 0.25) is 0 Å². The number of carbonyl (C=O) groups excluding carboxylic acids is 1. The van der Waals surface area contributed by atoms with E-state index in [9.17, 15) is 37.4 Å². The van der Waals surface area contributed by atoms with Gasteiger partial charge in [0.1, 0.15) is 17.6 Å². The molecule has 0 radical (unpaired) electrons. The number of fused-ring (bicyclic) bond motifs is 1. The Balaban J connectivity index is 1.67. The lowest BCUT2D eigenvalue weighted by Crippen LogP contribution is -2.53. The van der Waals surface area contributed by atoms with Gasteiger partial charge in [0.05, 0.1) is 31.1 Å². The molecule has 246 valence electrons. The van der Waals surface area contributed by atoms with Gasteiger partial charge < -0.3 is 25.2 Å². The molecule has 0 bridgehead atoms. The third-order valence-electron chi connectivity index (χ3n) is 8.15. The van der Waals surface area contributed by atoms with Crippen molar-refractivity contribution in [2.45, 2.75) is 57.3 Å². The standard InChI is InChI=1S/C33H36F4N4O5/c1-19-12-26(38-18-32(45,33(35,36)37)17-31(3,4)25-15-22(34)10-11-28(25)46-6)24-16-39-41(27(24)13-19)23-9-7-8-21(14-23)29(42)40(5)20(2)30(43)44/h7-16,20,38,45H,17-18H2,1-6H3,(H,43,44). The summed E-state index contributed by atoms with van der Waals surface area (Å²) >= 11 is 0. The number of aromatic nitrogens is 2. The van der Waals surface area contributed by atoms with Crippen molar-refractivity contribution in [3.8, 4) is 11.4 Å². The van der Waals surface area contributed by atoms with Gasteiger partial charge >= 0.3 is 12.1 Å². The molecule has 0 aliphatic heterocycles. The molecule has 3 N–H and O–H groups in total. The number of anilines is 1. The van der Waals surface area contributed by atoms with Crippen LogP contribution < -0.4 is 10.1 Å². The number of aryl methyl sites for hydroxylation is 1. The molecular formula is C33H36F4N4O5. The van der Waals surface area contributed by atoms with Crippen LogP contribution >= 0.6 is 0 Å². The molecular weight excluding hydrogens is 608 g/mol. The number of methoxy groups -OCH3 is 1. The lowest BCUT2D eigenvalue weighted by molar-refractivity contribution is -0.260. The number of hydrogen-bond acceptors (Lipinski definition) is 6. The summed E-state index contributed by atoms with van der Waals surface area (Å²) in [6.07, 6.45) is -4.40. The number of hydrogen-bond donors (Lipinski definition) is 3. The third kappa shape index (κ3) is 6.79. The first-order valence-corrected chi connectivity index (χ1v) is 14.3. The maximum absolute atomic E-state index is 14.5. The van der Waals surface area contributed by atoms with E-state index in [2.05, 4.69) is 10.4 Å². The molecule has 0 fully saturated rings. The number of rotatable bonds is 11. The van der Waals surface area contributed by atoms with Crippen LogP contribution in [-0.2, 0) is 10.2 Å². The highest BCUT2D eigenvalue weighted by Gasteiger charge is 2.56. The first-order chi connectivity index (χ1) is 21.4. The molecule has 0 spiro atoms. The fourth-order valence-corrected chi connectivity index (χ4v) is 5.47. The van der Waals surface area contributed by atoms with Crippen molar-refractivity contribution >= 4 is 28.5 Å². The number of carboxylic acids is 1. The summed E-state index contributed by atoms with van der Waals surface area (Å²) in [5, 5.41) is 28.1. The highest BCUT2D eigenvalue weighted by molar-refractivity contribution is 5.97. The average Bonchev–Trinajstić information content (AvgIpc) is 3.41. The van der Waals surface area contributed by atoms with Crippen LogP contribution in [-0.4, -0.2) is 75.3 Å². The van der Waals surface area contributed by atoms with E-state index in [4.69, 9.17) is 4.74 Å². The zero-order valence-electron chi connectivity index (χ0n) is 26.2. The second-order valence-electron chi connectivity index (χ2n) is 12.1. The zero-order valence-corrected chi connectivity index (χ0v) is 26.2. The number of alkyl halides is 3. The van der Waals surface area contributed by atoms with Crippen LogP contribution in [0.1, 0.15) is 48.7 Å². The number of likely N-dealkylation sites (N-methyl/N-ethyl adjacent to an activating group) is 1. The van der Waals surface area contributed by atoms with E-state index < -0.39 is 53.9 Å². The Morgan fingerprint density at radius 1 is 1.11 bits per heavy atom. The summed E-state index contributed by atoms with van der Waals surface area (Å²) in [5.74, 6) is -2.12. The predicted octanol–water partition coefficient (Wildman–Crippen LogP) is 6.10. The second kappa shape index (κ2) is 12.6. The number of nitrogens with zero attached hydrogens (tertiary/aromatic N) is 3. The molecule has 4 rings (SSSR count). The van der Waals surface area contributed by atoms with Gasteiger partial charge in [-0.25, -0.2) is 13.9 Å². The summed E-state index contributed by atoms with van der Waals surface area (Å²) in [6.45, 7) is 5.18. The molecule has 46 heavy (non-hydrogen) atoms. The topological polar surface area (TPSA) is 117 Å². The molecule has 0 saturated heterocycles. The molecule has 0 saturated carbocycles. The van der Waals surface area contributed by atoms with Gasteiger partial charge in [-0.15, -0.1) is 0 Å². The van der Waals surface area contributed by atoms with Crippen LogP contribution in [0.5, 0.6) is 5.75 Å². The SMILES string of the molecule is COc1ccc(F)cc1C(C)(C)CC(O)(CNc1cc(C)cc2c1cnn2-c1cccc(C(=O)N(C)C(C)C(=O)O)c1)C(F)(F)F. The summed E-state index contributed by atoms with van der Waals surface area (Å²) in [7, 11) is 2.72. The Morgan fingerprint density at radius 3 is 2.43 bits per heavy atom. The number of aliphatic hydroxyl groups is 1. The van der Waals surface area contributed by atoms with Crippen LogP contribution in [0.15, 0.2) is 60.8 Å². The van der Waals surface area contributed by atoms with E-state index in [0.29, 0.717) is 22.2 Å². The van der Waals surface area contributed by atoms with Crippen LogP contribution in [0.3, 0.4) is 0 Å². The van der Waals surface area contributed by atoms with Crippen molar-refractivity contribution in [1.82, 2.24) is 14.7 Å². The number of ether oxygens (including phenoxy) is 1. The highest BCUT2D eigenvalue weighted by Crippen LogP contribution is 2.44. The summed E-state index contributed by atoms with van der Waals surface area (Å²) in [5.41, 5.74) is -2.24. The number of carboxylic acid groups (broad SMARTS) is 1. The van der Waals surface area contributed by atoms with Gasteiger partial charge in [-0.2, -0.15) is 18.3 Å². The first kappa shape index (κ1) is 34.2. The molecule has 3 aromatic carbocycles. The van der Waals surface area contributed by atoms with Gasteiger partial charge in [0.15, 0.2) is 5.60 Å². The molecule has 0 aliphatic carbocycles. The molecule has 0 aliphatic rings. The number of halogens is 4. The molecule has 1 amide bonds. The highest BCUT2D eigenvalue weighted by atomic mass is 19.4. The normalized spacial score (nSPS) is 14.1. The Bertz CT molecular complexity index is 1770. The van der Waals surface area contributed by atoms with E-state index in [1.165, 1.54) is 51.9 Å². The van der Waals surface area contributed by atoms with E-state index in [1.54, 1.807) is 43.3 Å². The van der Waals surface area contributed by atoms with Crippen LogP contribution in [0.4, 0.5) is 23.2 Å². The minimum atomic E-state index is -5.05. The zero-order chi connectivity index (χ0) is 34.2. The van der Waals surface area contributed by atoms with Crippen molar-refractivity contribution in [2.24, 2.45) is 0 Å². The quantitative estimate of drug-likeness (QED) is 0.169. The number of amides is 1. The first-order valence-electron chi connectivity index (χ1n) is 14.3. The largest absolute Gasteiger partial charge is 0.496 e.